The summed E-state index contributed by atoms with van der Waals surface area (Å²) in [5.41, 5.74) is 0.787. The molecule has 2 atom stereocenters. The highest BCUT2D eigenvalue weighted by atomic mass is 16.4. The van der Waals surface area contributed by atoms with Crippen LogP contribution in [0.15, 0.2) is 30.3 Å². The number of amides is 1. The molecule has 1 amide bonds. The topological polar surface area (TPSA) is 110 Å². The minimum Gasteiger partial charge on any atom is -0.480 e. The molecule has 1 unspecified atom stereocenters. The van der Waals surface area contributed by atoms with Crippen molar-refractivity contribution in [1.29, 1.82) is 0 Å². The van der Waals surface area contributed by atoms with E-state index < -0.39 is 24.0 Å². The zero-order valence-corrected chi connectivity index (χ0v) is 11.6. The maximum Gasteiger partial charge on any atom is 0.325 e. The van der Waals surface area contributed by atoms with Crippen molar-refractivity contribution < 1.29 is 14.7 Å². The van der Waals surface area contributed by atoms with Crippen molar-refractivity contribution in [2.45, 2.75) is 25.9 Å². The van der Waals surface area contributed by atoms with Crippen LogP contribution in [-0.2, 0) is 9.59 Å². The fraction of sp³-hybridized carbons (Fsp3) is 0.308. The highest BCUT2D eigenvalue weighted by Crippen LogP contribution is 2.13. The Balaban J connectivity index is 2.10. The van der Waals surface area contributed by atoms with E-state index in [1.165, 1.54) is 6.92 Å². The summed E-state index contributed by atoms with van der Waals surface area (Å²) < 4.78 is 0. The number of hydrogen-bond donors (Lipinski definition) is 2. The van der Waals surface area contributed by atoms with E-state index in [1.807, 2.05) is 30.3 Å². The molecule has 8 nitrogen and oxygen atoms in total. The van der Waals surface area contributed by atoms with Gasteiger partial charge in [0, 0.05) is 5.56 Å². The lowest BCUT2D eigenvalue weighted by atomic mass is 10.2. The quantitative estimate of drug-likeness (QED) is 0.829. The number of rotatable bonds is 5. The van der Waals surface area contributed by atoms with Gasteiger partial charge < -0.3 is 10.4 Å². The third kappa shape index (κ3) is 3.41. The second kappa shape index (κ2) is 6.12. The first-order valence-corrected chi connectivity index (χ1v) is 6.37. The van der Waals surface area contributed by atoms with Crippen molar-refractivity contribution in [2.24, 2.45) is 0 Å². The highest BCUT2D eigenvalue weighted by molar-refractivity contribution is 5.85. The van der Waals surface area contributed by atoms with Crippen LogP contribution in [0.3, 0.4) is 0 Å². The summed E-state index contributed by atoms with van der Waals surface area (Å²) >= 11 is 0. The van der Waals surface area contributed by atoms with Crippen LogP contribution >= 0.6 is 0 Å². The fourth-order valence-electron chi connectivity index (χ4n) is 1.59. The Morgan fingerprint density at radius 3 is 2.52 bits per heavy atom. The molecule has 0 saturated carbocycles. The van der Waals surface area contributed by atoms with Gasteiger partial charge in [0.15, 0.2) is 0 Å². The van der Waals surface area contributed by atoms with E-state index in [0.717, 1.165) is 10.4 Å². The van der Waals surface area contributed by atoms with Gasteiger partial charge in [0.25, 0.3) is 0 Å². The van der Waals surface area contributed by atoms with Gasteiger partial charge in [-0.25, -0.2) is 0 Å². The van der Waals surface area contributed by atoms with E-state index in [4.69, 9.17) is 5.11 Å². The van der Waals surface area contributed by atoms with Crippen LogP contribution in [0.25, 0.3) is 11.4 Å². The molecule has 0 spiro atoms. The molecule has 0 bridgehead atoms. The molecule has 2 aromatic rings. The summed E-state index contributed by atoms with van der Waals surface area (Å²) in [5, 5.41) is 23.0. The summed E-state index contributed by atoms with van der Waals surface area (Å²) in [4.78, 5) is 23.8. The Morgan fingerprint density at radius 1 is 1.24 bits per heavy atom. The van der Waals surface area contributed by atoms with Crippen LogP contribution in [0.4, 0.5) is 0 Å². The molecule has 2 N–H and O–H groups in total. The SMILES string of the molecule is CC(C(=O)N[C@H](C)C(=O)O)n1nnc(-c2ccccc2)n1. The Kier molecular flexibility index (Phi) is 4.27. The van der Waals surface area contributed by atoms with Gasteiger partial charge in [-0.1, -0.05) is 30.3 Å². The van der Waals surface area contributed by atoms with E-state index in [0.29, 0.717) is 5.82 Å². The molecule has 1 heterocycles. The summed E-state index contributed by atoms with van der Waals surface area (Å²) in [6, 6.07) is 7.50. The molecule has 8 heteroatoms. The monoisotopic (exact) mass is 289 g/mol. The Hall–Kier alpha value is -2.77. The molecule has 21 heavy (non-hydrogen) atoms. The van der Waals surface area contributed by atoms with Crippen molar-refractivity contribution >= 4 is 11.9 Å². The second-order valence-corrected chi connectivity index (χ2v) is 4.54. The number of benzene rings is 1. The first kappa shape index (κ1) is 14.6. The number of carbonyl (C=O) groups is 2. The molecular weight excluding hydrogens is 274 g/mol. The summed E-state index contributed by atoms with van der Waals surface area (Å²) in [6.07, 6.45) is 0. The van der Waals surface area contributed by atoms with Crippen LogP contribution < -0.4 is 5.32 Å². The lowest BCUT2D eigenvalue weighted by Crippen LogP contribution is -2.42. The number of nitrogens with one attached hydrogen (secondary N) is 1. The van der Waals surface area contributed by atoms with Crippen molar-refractivity contribution in [3.05, 3.63) is 30.3 Å². The van der Waals surface area contributed by atoms with Gasteiger partial charge in [-0.3, -0.25) is 9.59 Å². The van der Waals surface area contributed by atoms with Gasteiger partial charge in [0.05, 0.1) is 0 Å². The van der Waals surface area contributed by atoms with Gasteiger partial charge in [-0.2, -0.15) is 4.80 Å². The van der Waals surface area contributed by atoms with Crippen LogP contribution in [0.1, 0.15) is 19.9 Å². The predicted octanol–water partition coefficient (Wildman–Crippen LogP) is 0.490. The van der Waals surface area contributed by atoms with E-state index in [-0.39, 0.29) is 0 Å². The van der Waals surface area contributed by atoms with Gasteiger partial charge >= 0.3 is 5.97 Å². The minimum absolute atomic E-state index is 0.404. The largest absolute Gasteiger partial charge is 0.480 e. The van der Waals surface area contributed by atoms with E-state index in [9.17, 15) is 9.59 Å². The van der Waals surface area contributed by atoms with Gasteiger partial charge in [-0.15, -0.1) is 10.2 Å². The van der Waals surface area contributed by atoms with Crippen LogP contribution in [0.2, 0.25) is 0 Å². The zero-order valence-electron chi connectivity index (χ0n) is 11.6. The summed E-state index contributed by atoms with van der Waals surface area (Å²) in [7, 11) is 0. The summed E-state index contributed by atoms with van der Waals surface area (Å²) in [6.45, 7) is 2.96. The molecule has 0 aliphatic carbocycles. The van der Waals surface area contributed by atoms with Crippen molar-refractivity contribution in [1.82, 2.24) is 25.5 Å². The predicted molar refractivity (Wildman–Crippen MR) is 73.2 cm³/mol. The standard InChI is InChI=1S/C13H15N5O3/c1-8(13(20)21)14-12(19)9(2)18-16-11(15-17-18)10-6-4-3-5-7-10/h3-9H,1-2H3,(H,14,19)(H,20,21)/t8-,9?/m1/s1. The zero-order chi connectivity index (χ0) is 15.4. The molecule has 0 aliphatic heterocycles. The van der Waals surface area contributed by atoms with Gasteiger partial charge in [0.1, 0.15) is 12.1 Å². The van der Waals surface area contributed by atoms with E-state index in [2.05, 4.69) is 20.7 Å². The Morgan fingerprint density at radius 2 is 1.90 bits per heavy atom. The van der Waals surface area contributed by atoms with E-state index in [1.54, 1.807) is 6.92 Å². The molecule has 1 aromatic carbocycles. The average molecular weight is 289 g/mol. The van der Waals surface area contributed by atoms with Crippen molar-refractivity contribution in [3.8, 4) is 11.4 Å². The third-order valence-electron chi connectivity index (χ3n) is 2.92. The van der Waals surface area contributed by atoms with Crippen LogP contribution in [-0.4, -0.2) is 43.2 Å². The number of carbonyl (C=O) groups excluding carboxylic acids is 1. The van der Waals surface area contributed by atoms with Crippen molar-refractivity contribution in [2.75, 3.05) is 0 Å². The maximum atomic E-state index is 11.9. The third-order valence-corrected chi connectivity index (χ3v) is 2.92. The maximum absolute atomic E-state index is 11.9. The number of aliphatic carboxylic acids is 1. The molecule has 0 saturated heterocycles. The Labute approximate surface area is 120 Å². The normalized spacial score (nSPS) is 13.4. The number of carboxylic acid groups (broad SMARTS) is 1. The molecular formula is C13H15N5O3. The number of nitrogens with zero attached hydrogens (tertiary/aromatic N) is 4. The smallest absolute Gasteiger partial charge is 0.325 e. The van der Waals surface area contributed by atoms with Gasteiger partial charge in [0.2, 0.25) is 11.7 Å². The van der Waals surface area contributed by atoms with Crippen LogP contribution in [0.5, 0.6) is 0 Å². The number of aromatic nitrogens is 4. The first-order chi connectivity index (χ1) is 9.99. The van der Waals surface area contributed by atoms with Gasteiger partial charge in [-0.05, 0) is 19.1 Å². The summed E-state index contributed by atoms with van der Waals surface area (Å²) in [5.74, 6) is -1.18. The number of tetrazole rings is 1. The molecule has 0 aliphatic rings. The molecule has 110 valence electrons. The lowest BCUT2D eigenvalue weighted by Gasteiger charge is -2.13. The van der Waals surface area contributed by atoms with Crippen LogP contribution in [0, 0.1) is 0 Å². The number of hydrogen-bond acceptors (Lipinski definition) is 5. The molecule has 0 fully saturated rings. The van der Waals surface area contributed by atoms with Crippen molar-refractivity contribution in [3.63, 3.8) is 0 Å². The molecule has 2 rings (SSSR count). The molecule has 0 radical (unpaired) electrons. The lowest BCUT2D eigenvalue weighted by molar-refractivity contribution is -0.141. The number of carboxylic acids is 1. The molecule has 1 aromatic heterocycles. The Bertz CT molecular complexity index is 640. The second-order valence-electron chi connectivity index (χ2n) is 4.54. The first-order valence-electron chi connectivity index (χ1n) is 6.37. The minimum atomic E-state index is -1.10. The fourth-order valence-corrected chi connectivity index (χ4v) is 1.59. The highest BCUT2D eigenvalue weighted by Gasteiger charge is 2.22. The average Bonchev–Trinajstić information content (AvgIpc) is 2.96. The van der Waals surface area contributed by atoms with E-state index >= 15 is 0 Å².